The lowest BCUT2D eigenvalue weighted by molar-refractivity contribution is -0.152. The summed E-state index contributed by atoms with van der Waals surface area (Å²) in [5.74, 6) is 1.22. The van der Waals surface area contributed by atoms with E-state index < -0.39 is 0 Å². The first kappa shape index (κ1) is 18.9. The molecule has 1 saturated heterocycles. The van der Waals surface area contributed by atoms with Crippen molar-refractivity contribution in [3.63, 3.8) is 0 Å². The molecule has 5 nitrogen and oxygen atoms in total. The van der Waals surface area contributed by atoms with Crippen LogP contribution in [0, 0.1) is 5.92 Å². The van der Waals surface area contributed by atoms with Crippen LogP contribution in [0.2, 0.25) is 0 Å². The number of carbonyl (C=O) groups is 1. The van der Waals surface area contributed by atoms with Gasteiger partial charge in [0.15, 0.2) is 0 Å². The molecule has 0 saturated carbocycles. The number of nitrogens with zero attached hydrogens (tertiary/aromatic N) is 1. The number of piperidine rings is 1. The summed E-state index contributed by atoms with van der Waals surface area (Å²) in [6, 6.07) is 8.01. The Kier molecular flexibility index (Phi) is 6.69. The molecule has 2 heterocycles. The molecular weight excluding hydrogens is 328 g/mol. The van der Waals surface area contributed by atoms with Crippen LogP contribution in [0.3, 0.4) is 0 Å². The molecule has 3 rings (SSSR count). The molecule has 1 aromatic carbocycles. The Labute approximate surface area is 156 Å². The Morgan fingerprint density at radius 2 is 2.08 bits per heavy atom. The van der Waals surface area contributed by atoms with Crippen LogP contribution in [0.1, 0.15) is 31.7 Å². The van der Waals surface area contributed by atoms with Crippen LogP contribution in [-0.4, -0.2) is 56.8 Å². The molecule has 26 heavy (non-hydrogen) atoms. The van der Waals surface area contributed by atoms with Gasteiger partial charge in [0.2, 0.25) is 0 Å². The molecule has 1 unspecified atom stereocenters. The van der Waals surface area contributed by atoms with Crippen molar-refractivity contribution in [1.82, 2.24) is 10.2 Å². The van der Waals surface area contributed by atoms with Gasteiger partial charge in [-0.05, 0) is 56.8 Å². The molecule has 2 aliphatic heterocycles. The van der Waals surface area contributed by atoms with Gasteiger partial charge in [-0.2, -0.15) is 0 Å². The second-order valence-electron chi connectivity index (χ2n) is 6.96. The van der Waals surface area contributed by atoms with E-state index in [2.05, 4.69) is 22.4 Å². The number of hydrogen-bond acceptors (Lipinski definition) is 5. The van der Waals surface area contributed by atoms with Crippen molar-refractivity contribution >= 4 is 11.5 Å². The predicted molar refractivity (Wildman–Crippen MR) is 103 cm³/mol. The molecule has 0 spiro atoms. The third-order valence-electron chi connectivity index (χ3n) is 5.45. The van der Waals surface area contributed by atoms with E-state index in [1.54, 1.807) is 7.11 Å². The van der Waals surface area contributed by atoms with Crippen molar-refractivity contribution in [2.45, 2.75) is 32.2 Å². The highest BCUT2D eigenvalue weighted by Gasteiger charge is 2.36. The quantitative estimate of drug-likeness (QED) is 0.793. The van der Waals surface area contributed by atoms with Crippen molar-refractivity contribution in [2.75, 3.05) is 39.9 Å². The highest BCUT2D eigenvalue weighted by atomic mass is 16.5. The SMILES string of the molecule is CCOC(=O)C(C1CCNCC1)N1CC=C(c2ccccc2OC)CC1. The molecule has 1 N–H and O–H groups in total. The maximum absolute atomic E-state index is 12.7. The Morgan fingerprint density at radius 1 is 1.31 bits per heavy atom. The molecule has 1 atom stereocenters. The molecule has 0 aliphatic carbocycles. The number of methoxy groups -OCH3 is 1. The van der Waals surface area contributed by atoms with Crippen molar-refractivity contribution in [3.8, 4) is 5.75 Å². The summed E-state index contributed by atoms with van der Waals surface area (Å²) in [5.41, 5.74) is 2.45. The summed E-state index contributed by atoms with van der Waals surface area (Å²) >= 11 is 0. The van der Waals surface area contributed by atoms with Gasteiger partial charge in [-0.15, -0.1) is 0 Å². The number of esters is 1. The van der Waals surface area contributed by atoms with Gasteiger partial charge < -0.3 is 14.8 Å². The van der Waals surface area contributed by atoms with Gasteiger partial charge in [0.1, 0.15) is 11.8 Å². The molecule has 1 fully saturated rings. The summed E-state index contributed by atoms with van der Waals surface area (Å²) in [4.78, 5) is 15.0. The molecule has 2 aliphatic rings. The van der Waals surface area contributed by atoms with Gasteiger partial charge in [0.25, 0.3) is 0 Å². The maximum Gasteiger partial charge on any atom is 0.323 e. The summed E-state index contributed by atoms with van der Waals surface area (Å²) in [7, 11) is 1.71. The van der Waals surface area contributed by atoms with E-state index in [0.29, 0.717) is 12.5 Å². The Balaban J connectivity index is 1.75. The summed E-state index contributed by atoms with van der Waals surface area (Å²) < 4.78 is 10.9. The van der Waals surface area contributed by atoms with Gasteiger partial charge in [-0.25, -0.2) is 0 Å². The molecule has 5 heteroatoms. The number of rotatable bonds is 6. The number of benzene rings is 1. The van der Waals surface area contributed by atoms with E-state index in [1.807, 2.05) is 25.1 Å². The minimum atomic E-state index is -0.132. The molecule has 0 radical (unpaired) electrons. The number of ether oxygens (including phenoxy) is 2. The molecule has 0 aromatic heterocycles. The standard InChI is InChI=1S/C21H30N2O3/c1-3-26-21(24)20(17-8-12-22-13-9-17)23-14-10-16(11-15-23)18-6-4-5-7-19(18)25-2/h4-7,10,17,20,22H,3,8-9,11-15H2,1-2H3. The number of para-hydroxylation sites is 1. The van der Waals surface area contributed by atoms with E-state index in [1.165, 1.54) is 5.57 Å². The van der Waals surface area contributed by atoms with Crippen LogP contribution < -0.4 is 10.1 Å². The van der Waals surface area contributed by atoms with Gasteiger partial charge in [-0.3, -0.25) is 9.69 Å². The zero-order chi connectivity index (χ0) is 18.4. The summed E-state index contributed by atoms with van der Waals surface area (Å²) in [6.45, 7) is 5.94. The fourth-order valence-corrected chi connectivity index (χ4v) is 4.12. The first-order valence-electron chi connectivity index (χ1n) is 9.68. The summed E-state index contributed by atoms with van der Waals surface area (Å²) in [5, 5.41) is 3.39. The van der Waals surface area contributed by atoms with Crippen LogP contribution in [0.5, 0.6) is 5.75 Å². The number of hydrogen-bond donors (Lipinski definition) is 1. The van der Waals surface area contributed by atoms with E-state index in [4.69, 9.17) is 9.47 Å². The first-order chi connectivity index (χ1) is 12.7. The fraction of sp³-hybridized carbons (Fsp3) is 0.571. The average molecular weight is 358 g/mol. The molecular formula is C21H30N2O3. The number of nitrogens with one attached hydrogen (secondary N) is 1. The van der Waals surface area contributed by atoms with Crippen LogP contribution in [-0.2, 0) is 9.53 Å². The zero-order valence-electron chi connectivity index (χ0n) is 15.9. The van der Waals surface area contributed by atoms with Crippen molar-refractivity contribution < 1.29 is 14.3 Å². The molecule has 1 aromatic rings. The lowest BCUT2D eigenvalue weighted by atomic mass is 9.87. The lowest BCUT2D eigenvalue weighted by Crippen LogP contribution is -2.51. The largest absolute Gasteiger partial charge is 0.496 e. The van der Waals surface area contributed by atoms with E-state index in [9.17, 15) is 4.79 Å². The zero-order valence-corrected chi connectivity index (χ0v) is 15.9. The fourth-order valence-electron chi connectivity index (χ4n) is 4.12. The number of carbonyl (C=O) groups excluding carboxylic acids is 1. The maximum atomic E-state index is 12.7. The van der Waals surface area contributed by atoms with Gasteiger partial charge >= 0.3 is 5.97 Å². The second kappa shape index (κ2) is 9.19. The van der Waals surface area contributed by atoms with Crippen LogP contribution >= 0.6 is 0 Å². The van der Waals surface area contributed by atoms with E-state index >= 15 is 0 Å². The average Bonchev–Trinajstić information content (AvgIpc) is 2.70. The van der Waals surface area contributed by atoms with Gasteiger partial charge in [0.05, 0.1) is 13.7 Å². The minimum absolute atomic E-state index is 0.0615. The Hall–Kier alpha value is -1.85. The van der Waals surface area contributed by atoms with Crippen molar-refractivity contribution in [3.05, 3.63) is 35.9 Å². The molecule has 142 valence electrons. The predicted octanol–water partition coefficient (Wildman–Crippen LogP) is 2.72. The summed E-state index contributed by atoms with van der Waals surface area (Å²) in [6.07, 6.45) is 5.22. The third-order valence-corrected chi connectivity index (χ3v) is 5.45. The van der Waals surface area contributed by atoms with Crippen LogP contribution in [0.4, 0.5) is 0 Å². The molecule has 0 bridgehead atoms. The first-order valence-corrected chi connectivity index (χ1v) is 9.68. The van der Waals surface area contributed by atoms with E-state index in [0.717, 1.165) is 56.8 Å². The van der Waals surface area contributed by atoms with Crippen molar-refractivity contribution in [2.24, 2.45) is 5.92 Å². The highest BCUT2D eigenvalue weighted by molar-refractivity contribution is 5.77. The second-order valence-corrected chi connectivity index (χ2v) is 6.96. The van der Waals surface area contributed by atoms with Gasteiger partial charge in [0, 0.05) is 18.7 Å². The van der Waals surface area contributed by atoms with Crippen LogP contribution in [0.15, 0.2) is 30.3 Å². The minimum Gasteiger partial charge on any atom is -0.496 e. The Bertz CT molecular complexity index is 638. The van der Waals surface area contributed by atoms with Gasteiger partial charge in [-0.1, -0.05) is 24.3 Å². The van der Waals surface area contributed by atoms with E-state index in [-0.39, 0.29) is 12.0 Å². The van der Waals surface area contributed by atoms with Crippen LogP contribution in [0.25, 0.3) is 5.57 Å². The lowest BCUT2D eigenvalue weighted by Gasteiger charge is -2.38. The topological polar surface area (TPSA) is 50.8 Å². The highest BCUT2D eigenvalue weighted by Crippen LogP contribution is 2.32. The molecule has 0 amide bonds. The normalized spacial score (nSPS) is 20.3. The smallest absolute Gasteiger partial charge is 0.323 e. The Morgan fingerprint density at radius 3 is 2.73 bits per heavy atom. The monoisotopic (exact) mass is 358 g/mol. The third kappa shape index (κ3) is 4.27. The van der Waals surface area contributed by atoms with Crippen molar-refractivity contribution in [1.29, 1.82) is 0 Å².